The van der Waals surface area contributed by atoms with E-state index in [0.717, 1.165) is 5.56 Å². The van der Waals surface area contributed by atoms with Gasteiger partial charge in [-0.25, -0.2) is 13.1 Å². The first kappa shape index (κ1) is 18.1. The standard InChI is InChI=1S/C13H19BrN2O4S/c1-10-3-4-12(11(14)9-10)21(18,19)16-6-5-13(17)15-7-8-20-2/h3-4,9,16H,5-8H2,1-2H3,(H,15,17). The molecule has 0 radical (unpaired) electrons. The fourth-order valence-electron chi connectivity index (χ4n) is 1.58. The minimum absolute atomic E-state index is 0.0431. The maximum Gasteiger partial charge on any atom is 0.241 e. The summed E-state index contributed by atoms with van der Waals surface area (Å²) in [6, 6.07) is 4.98. The molecule has 0 bridgehead atoms. The monoisotopic (exact) mass is 378 g/mol. The summed E-state index contributed by atoms with van der Waals surface area (Å²) in [7, 11) is -2.09. The summed E-state index contributed by atoms with van der Waals surface area (Å²) >= 11 is 3.23. The summed E-state index contributed by atoms with van der Waals surface area (Å²) in [5, 5.41) is 2.62. The molecule has 6 nitrogen and oxygen atoms in total. The van der Waals surface area contributed by atoms with Crippen molar-refractivity contribution in [2.75, 3.05) is 26.8 Å². The molecule has 0 saturated carbocycles. The molecule has 8 heteroatoms. The molecule has 0 saturated heterocycles. The Kier molecular flexibility index (Phi) is 7.30. The summed E-state index contributed by atoms with van der Waals surface area (Å²) in [6.45, 7) is 2.75. The van der Waals surface area contributed by atoms with Crippen molar-refractivity contribution in [1.29, 1.82) is 0 Å². The van der Waals surface area contributed by atoms with Gasteiger partial charge in [-0.05, 0) is 40.5 Å². The van der Waals surface area contributed by atoms with Crippen LogP contribution in [0.1, 0.15) is 12.0 Å². The van der Waals surface area contributed by atoms with Crippen molar-refractivity contribution in [3.05, 3.63) is 28.2 Å². The number of halogens is 1. The van der Waals surface area contributed by atoms with Crippen LogP contribution < -0.4 is 10.0 Å². The molecule has 0 unspecified atom stereocenters. The van der Waals surface area contributed by atoms with E-state index in [-0.39, 0.29) is 23.8 Å². The highest BCUT2D eigenvalue weighted by molar-refractivity contribution is 9.10. The number of methoxy groups -OCH3 is 1. The lowest BCUT2D eigenvalue weighted by molar-refractivity contribution is -0.121. The number of nitrogens with one attached hydrogen (secondary N) is 2. The van der Waals surface area contributed by atoms with Crippen LogP contribution in [0.25, 0.3) is 0 Å². The molecular formula is C13H19BrN2O4S. The topological polar surface area (TPSA) is 84.5 Å². The normalized spacial score (nSPS) is 11.4. The minimum Gasteiger partial charge on any atom is -0.383 e. The number of rotatable bonds is 8. The highest BCUT2D eigenvalue weighted by Gasteiger charge is 2.17. The van der Waals surface area contributed by atoms with E-state index in [1.165, 1.54) is 6.07 Å². The fourth-order valence-corrected chi connectivity index (χ4v) is 3.80. The van der Waals surface area contributed by atoms with Gasteiger partial charge in [0.15, 0.2) is 0 Å². The molecular weight excluding hydrogens is 360 g/mol. The van der Waals surface area contributed by atoms with Gasteiger partial charge >= 0.3 is 0 Å². The van der Waals surface area contributed by atoms with E-state index >= 15 is 0 Å². The minimum atomic E-state index is -3.63. The number of hydrogen-bond donors (Lipinski definition) is 2. The van der Waals surface area contributed by atoms with Crippen molar-refractivity contribution in [3.8, 4) is 0 Å². The average molecular weight is 379 g/mol. The van der Waals surface area contributed by atoms with Gasteiger partial charge in [0.05, 0.1) is 11.5 Å². The molecule has 0 spiro atoms. The molecule has 0 aliphatic rings. The van der Waals surface area contributed by atoms with Crippen LogP contribution in [0.4, 0.5) is 0 Å². The number of benzene rings is 1. The maximum absolute atomic E-state index is 12.1. The first-order valence-electron chi connectivity index (χ1n) is 6.38. The van der Waals surface area contributed by atoms with Crippen LogP contribution in [0.2, 0.25) is 0 Å². The molecule has 1 rings (SSSR count). The third-order valence-electron chi connectivity index (χ3n) is 2.65. The van der Waals surface area contributed by atoms with Crippen LogP contribution in [0.5, 0.6) is 0 Å². The van der Waals surface area contributed by atoms with Crippen LogP contribution in [0.15, 0.2) is 27.6 Å². The lowest BCUT2D eigenvalue weighted by atomic mass is 10.2. The molecule has 21 heavy (non-hydrogen) atoms. The molecule has 118 valence electrons. The van der Waals surface area contributed by atoms with Gasteiger partial charge in [-0.2, -0.15) is 0 Å². The van der Waals surface area contributed by atoms with Gasteiger partial charge in [0.2, 0.25) is 15.9 Å². The predicted molar refractivity (Wildman–Crippen MR) is 83.6 cm³/mol. The first-order valence-corrected chi connectivity index (χ1v) is 8.66. The Morgan fingerprint density at radius 1 is 1.33 bits per heavy atom. The molecule has 1 amide bonds. The largest absolute Gasteiger partial charge is 0.383 e. The summed E-state index contributed by atoms with van der Waals surface area (Å²) in [6.07, 6.45) is 0.0758. The van der Waals surface area contributed by atoms with Crippen molar-refractivity contribution in [1.82, 2.24) is 10.0 Å². The Morgan fingerprint density at radius 3 is 2.67 bits per heavy atom. The van der Waals surface area contributed by atoms with E-state index in [1.807, 2.05) is 6.92 Å². The Morgan fingerprint density at radius 2 is 2.05 bits per heavy atom. The molecule has 1 aromatic carbocycles. The maximum atomic E-state index is 12.1. The first-order chi connectivity index (χ1) is 9.86. The molecule has 0 aromatic heterocycles. The molecule has 0 aliphatic carbocycles. The Balaban J connectivity index is 2.52. The highest BCUT2D eigenvalue weighted by Crippen LogP contribution is 2.22. The highest BCUT2D eigenvalue weighted by atomic mass is 79.9. The number of amides is 1. The van der Waals surface area contributed by atoms with E-state index in [9.17, 15) is 13.2 Å². The van der Waals surface area contributed by atoms with Gasteiger partial charge in [0, 0.05) is 31.1 Å². The lowest BCUT2D eigenvalue weighted by Gasteiger charge is -2.09. The molecule has 0 atom stereocenters. The van der Waals surface area contributed by atoms with Crippen LogP contribution >= 0.6 is 15.9 Å². The van der Waals surface area contributed by atoms with E-state index in [0.29, 0.717) is 17.6 Å². The van der Waals surface area contributed by atoms with E-state index in [1.54, 1.807) is 19.2 Å². The fraction of sp³-hybridized carbons (Fsp3) is 0.462. The lowest BCUT2D eigenvalue weighted by Crippen LogP contribution is -2.32. The number of ether oxygens (including phenoxy) is 1. The van der Waals surface area contributed by atoms with Crippen LogP contribution in [-0.2, 0) is 19.6 Å². The van der Waals surface area contributed by atoms with Gasteiger partial charge in [-0.15, -0.1) is 0 Å². The van der Waals surface area contributed by atoms with Gasteiger partial charge in [0.25, 0.3) is 0 Å². The number of sulfonamides is 1. The van der Waals surface area contributed by atoms with E-state index in [2.05, 4.69) is 26.0 Å². The summed E-state index contributed by atoms with van der Waals surface area (Å²) < 4.78 is 31.9. The Labute approximate surface area is 133 Å². The summed E-state index contributed by atoms with van der Waals surface area (Å²) in [5.74, 6) is -0.224. The second-order valence-electron chi connectivity index (χ2n) is 4.42. The molecule has 0 aliphatic heterocycles. The SMILES string of the molecule is COCCNC(=O)CCNS(=O)(=O)c1ccc(C)cc1Br. The van der Waals surface area contributed by atoms with Crippen molar-refractivity contribution in [3.63, 3.8) is 0 Å². The molecule has 1 aromatic rings. The van der Waals surface area contributed by atoms with Crippen LogP contribution in [-0.4, -0.2) is 41.1 Å². The number of hydrogen-bond acceptors (Lipinski definition) is 4. The molecule has 0 heterocycles. The van der Waals surface area contributed by atoms with E-state index in [4.69, 9.17) is 4.74 Å². The average Bonchev–Trinajstić information content (AvgIpc) is 2.38. The number of aryl methyl sites for hydroxylation is 1. The Bertz CT molecular complexity index is 590. The smallest absolute Gasteiger partial charge is 0.241 e. The third kappa shape index (κ3) is 6.13. The molecule has 0 fully saturated rings. The Hall–Kier alpha value is -0.960. The van der Waals surface area contributed by atoms with Gasteiger partial charge in [-0.1, -0.05) is 6.07 Å². The van der Waals surface area contributed by atoms with Crippen LogP contribution in [0, 0.1) is 6.92 Å². The van der Waals surface area contributed by atoms with Gasteiger partial charge < -0.3 is 10.1 Å². The van der Waals surface area contributed by atoms with Gasteiger partial charge in [-0.3, -0.25) is 4.79 Å². The van der Waals surface area contributed by atoms with Crippen molar-refractivity contribution in [2.45, 2.75) is 18.2 Å². The van der Waals surface area contributed by atoms with Crippen molar-refractivity contribution in [2.24, 2.45) is 0 Å². The van der Waals surface area contributed by atoms with Crippen LogP contribution in [0.3, 0.4) is 0 Å². The second-order valence-corrected chi connectivity index (χ2v) is 7.01. The van der Waals surface area contributed by atoms with Gasteiger partial charge in [0.1, 0.15) is 0 Å². The zero-order valence-electron chi connectivity index (χ0n) is 12.0. The molecule has 2 N–H and O–H groups in total. The third-order valence-corrected chi connectivity index (χ3v) is 5.09. The summed E-state index contributed by atoms with van der Waals surface area (Å²) in [4.78, 5) is 11.6. The number of carbonyl (C=O) groups is 1. The predicted octanol–water partition coefficient (Wildman–Crippen LogP) is 1.19. The zero-order chi connectivity index (χ0) is 15.9. The van der Waals surface area contributed by atoms with Crippen molar-refractivity contribution < 1.29 is 17.9 Å². The van der Waals surface area contributed by atoms with E-state index < -0.39 is 10.0 Å². The second kappa shape index (κ2) is 8.47. The number of carbonyl (C=O) groups excluding carboxylic acids is 1. The quantitative estimate of drug-likeness (QED) is 0.665. The zero-order valence-corrected chi connectivity index (χ0v) is 14.4. The summed E-state index contributed by atoms with van der Waals surface area (Å²) in [5.41, 5.74) is 0.957. The van der Waals surface area contributed by atoms with Crippen molar-refractivity contribution >= 4 is 31.9 Å².